The largest absolute Gasteiger partial charge is 0.393 e. The van der Waals surface area contributed by atoms with E-state index >= 15 is 0 Å². The Morgan fingerprint density at radius 2 is 1.22 bits per heavy atom. The van der Waals surface area contributed by atoms with Gasteiger partial charge in [0, 0.05) is 0 Å². The van der Waals surface area contributed by atoms with E-state index in [1.807, 2.05) is 0 Å². The van der Waals surface area contributed by atoms with Gasteiger partial charge in [-0.2, -0.15) is 0 Å². The number of carbonyl (C=O) groups is 2. The van der Waals surface area contributed by atoms with Crippen LogP contribution >= 0.6 is 0 Å². The molecule has 0 bridgehead atoms. The summed E-state index contributed by atoms with van der Waals surface area (Å²) in [5.41, 5.74) is 0.627. The normalized spacial score (nSPS) is 14.4. The molecule has 0 N–H and O–H groups in total. The van der Waals surface area contributed by atoms with Crippen LogP contribution in [0.4, 0.5) is 0 Å². The van der Waals surface area contributed by atoms with E-state index in [1.165, 1.54) is 70.6 Å². The third-order valence-electron chi connectivity index (χ3n) is 5.10. The minimum Gasteiger partial charge on any atom is -0.393 e. The number of unbranched alkanes of at least 4 members (excludes halogenated alkanes) is 7. The maximum Gasteiger partial charge on any atom is 0.314 e. The standard InChI is InChI=1S/C16H34.C4H4O3/c1-5-8-9-10-11-12-13-14-15-16(4,6-2)7-3;5-3-1-2-4(6)7-3/h5-15H2,1-4H3;1-2H2. The van der Waals surface area contributed by atoms with Crippen LogP contribution in [0.5, 0.6) is 0 Å². The van der Waals surface area contributed by atoms with Crippen molar-refractivity contribution >= 4 is 11.9 Å². The van der Waals surface area contributed by atoms with Crippen LogP contribution < -0.4 is 0 Å². The Bertz CT molecular complexity index is 305. The number of ether oxygens (including phenoxy) is 1. The van der Waals surface area contributed by atoms with Crippen LogP contribution in [0.25, 0.3) is 0 Å². The second-order valence-corrected chi connectivity index (χ2v) is 7.09. The first-order valence-corrected chi connectivity index (χ1v) is 9.71. The summed E-state index contributed by atoms with van der Waals surface area (Å²) < 4.78 is 4.08. The molecule has 0 aromatic carbocycles. The fourth-order valence-corrected chi connectivity index (χ4v) is 2.72. The van der Waals surface area contributed by atoms with E-state index in [-0.39, 0.29) is 12.8 Å². The Morgan fingerprint density at radius 1 is 0.783 bits per heavy atom. The van der Waals surface area contributed by atoms with Crippen molar-refractivity contribution in [3.05, 3.63) is 0 Å². The molecule has 0 aromatic rings. The molecule has 136 valence electrons. The maximum atomic E-state index is 10.0. The van der Waals surface area contributed by atoms with Crippen LogP contribution in [0.1, 0.15) is 111 Å². The van der Waals surface area contributed by atoms with Crippen molar-refractivity contribution in [3.8, 4) is 0 Å². The lowest BCUT2D eigenvalue weighted by Crippen LogP contribution is -2.13. The van der Waals surface area contributed by atoms with Crippen LogP contribution in [-0.2, 0) is 14.3 Å². The smallest absolute Gasteiger partial charge is 0.314 e. The number of hydrogen-bond acceptors (Lipinski definition) is 3. The van der Waals surface area contributed by atoms with Crippen molar-refractivity contribution in [1.29, 1.82) is 0 Å². The predicted octanol–water partition coefficient (Wildman–Crippen LogP) is 6.19. The Kier molecular flexibility index (Phi) is 13.1. The monoisotopic (exact) mass is 326 g/mol. The van der Waals surface area contributed by atoms with E-state index in [1.54, 1.807) is 0 Å². The molecule has 23 heavy (non-hydrogen) atoms. The lowest BCUT2D eigenvalue weighted by molar-refractivity contribution is -0.151. The van der Waals surface area contributed by atoms with Crippen LogP contribution in [0.15, 0.2) is 0 Å². The Hall–Kier alpha value is -0.860. The van der Waals surface area contributed by atoms with E-state index in [2.05, 4.69) is 32.4 Å². The topological polar surface area (TPSA) is 43.4 Å². The maximum absolute atomic E-state index is 10.0. The Labute approximate surface area is 143 Å². The summed E-state index contributed by atoms with van der Waals surface area (Å²) in [6.07, 6.45) is 16.2. The van der Waals surface area contributed by atoms with Gasteiger partial charge < -0.3 is 4.74 Å². The molecule has 1 aliphatic heterocycles. The average molecular weight is 327 g/mol. The van der Waals surface area contributed by atoms with E-state index in [4.69, 9.17) is 0 Å². The molecule has 1 fully saturated rings. The molecule has 3 nitrogen and oxygen atoms in total. The highest BCUT2D eigenvalue weighted by molar-refractivity contribution is 5.92. The van der Waals surface area contributed by atoms with Crippen LogP contribution in [0.3, 0.4) is 0 Å². The average Bonchev–Trinajstić information content (AvgIpc) is 2.93. The minimum atomic E-state index is -0.398. The highest BCUT2D eigenvalue weighted by Gasteiger charge is 2.19. The van der Waals surface area contributed by atoms with Crippen LogP contribution in [-0.4, -0.2) is 11.9 Å². The SMILES string of the molecule is CCCCCCCCCCC(C)(CC)CC.O=C1CCC(=O)O1. The molecule has 0 saturated carbocycles. The quantitative estimate of drug-likeness (QED) is 0.258. The van der Waals surface area contributed by atoms with Gasteiger partial charge in [-0.25, -0.2) is 0 Å². The number of cyclic esters (lactones) is 2. The highest BCUT2D eigenvalue weighted by Crippen LogP contribution is 2.31. The van der Waals surface area contributed by atoms with E-state index in [9.17, 15) is 9.59 Å². The fraction of sp³-hybridized carbons (Fsp3) is 0.900. The molecule has 1 rings (SSSR count). The molecular formula is C20H38O3. The molecule has 1 saturated heterocycles. The van der Waals surface area contributed by atoms with Crippen molar-refractivity contribution in [2.75, 3.05) is 0 Å². The molecule has 3 heteroatoms. The Morgan fingerprint density at radius 3 is 1.57 bits per heavy atom. The molecule has 0 spiro atoms. The van der Waals surface area contributed by atoms with Gasteiger partial charge in [-0.3, -0.25) is 9.59 Å². The van der Waals surface area contributed by atoms with Gasteiger partial charge in [0.2, 0.25) is 0 Å². The number of rotatable bonds is 11. The lowest BCUT2D eigenvalue weighted by atomic mass is 9.80. The molecule has 1 heterocycles. The zero-order valence-corrected chi connectivity index (χ0v) is 15.9. The first-order valence-electron chi connectivity index (χ1n) is 9.71. The minimum absolute atomic E-state index is 0.263. The van der Waals surface area contributed by atoms with Gasteiger partial charge in [0.15, 0.2) is 0 Å². The summed E-state index contributed by atoms with van der Waals surface area (Å²) in [6.45, 7) is 9.42. The van der Waals surface area contributed by atoms with Crippen molar-refractivity contribution in [2.24, 2.45) is 5.41 Å². The summed E-state index contributed by atoms with van der Waals surface area (Å²) in [4.78, 5) is 20.0. The van der Waals surface area contributed by atoms with E-state index in [0.29, 0.717) is 5.41 Å². The zero-order chi connectivity index (χ0) is 17.6. The third-order valence-corrected chi connectivity index (χ3v) is 5.10. The lowest BCUT2D eigenvalue weighted by Gasteiger charge is -2.26. The number of esters is 2. The summed E-state index contributed by atoms with van der Waals surface area (Å²) in [5, 5.41) is 0. The van der Waals surface area contributed by atoms with Gasteiger partial charge in [-0.15, -0.1) is 0 Å². The molecule has 1 aliphatic rings. The van der Waals surface area contributed by atoms with Gasteiger partial charge in [-0.05, 0) is 11.8 Å². The Balaban J connectivity index is 0.000000568. The summed E-state index contributed by atoms with van der Waals surface area (Å²) in [7, 11) is 0. The second-order valence-electron chi connectivity index (χ2n) is 7.09. The zero-order valence-electron chi connectivity index (χ0n) is 15.9. The second kappa shape index (κ2) is 13.6. The molecule has 0 atom stereocenters. The third kappa shape index (κ3) is 12.3. The van der Waals surface area contributed by atoms with Crippen molar-refractivity contribution in [2.45, 2.75) is 111 Å². The van der Waals surface area contributed by atoms with Gasteiger partial charge >= 0.3 is 11.9 Å². The van der Waals surface area contributed by atoms with Gasteiger partial charge in [0.25, 0.3) is 0 Å². The summed E-state index contributed by atoms with van der Waals surface area (Å²) in [5.74, 6) is -0.796. The van der Waals surface area contributed by atoms with Crippen LogP contribution in [0.2, 0.25) is 0 Å². The fourth-order valence-electron chi connectivity index (χ4n) is 2.72. The van der Waals surface area contributed by atoms with Crippen molar-refractivity contribution in [3.63, 3.8) is 0 Å². The number of carbonyl (C=O) groups excluding carboxylic acids is 2. The summed E-state index contributed by atoms with van der Waals surface area (Å²) in [6, 6.07) is 0. The van der Waals surface area contributed by atoms with Gasteiger partial charge in [-0.1, -0.05) is 91.9 Å². The molecule has 0 radical (unpaired) electrons. The molecular weight excluding hydrogens is 288 g/mol. The van der Waals surface area contributed by atoms with Crippen molar-refractivity contribution < 1.29 is 14.3 Å². The van der Waals surface area contributed by atoms with Gasteiger partial charge in [0.05, 0.1) is 12.8 Å². The summed E-state index contributed by atoms with van der Waals surface area (Å²) >= 11 is 0. The van der Waals surface area contributed by atoms with Crippen LogP contribution in [0, 0.1) is 5.41 Å². The predicted molar refractivity (Wildman–Crippen MR) is 96.2 cm³/mol. The highest BCUT2D eigenvalue weighted by atomic mass is 16.6. The van der Waals surface area contributed by atoms with E-state index in [0.717, 1.165) is 0 Å². The van der Waals surface area contributed by atoms with Crippen molar-refractivity contribution in [1.82, 2.24) is 0 Å². The first-order chi connectivity index (χ1) is 11.0. The first kappa shape index (κ1) is 22.1. The van der Waals surface area contributed by atoms with Gasteiger partial charge in [0.1, 0.15) is 0 Å². The number of hydrogen-bond donors (Lipinski definition) is 0. The molecule has 0 unspecified atom stereocenters. The molecule has 0 aromatic heterocycles. The molecule has 0 aliphatic carbocycles. The van der Waals surface area contributed by atoms with E-state index < -0.39 is 11.9 Å². The molecule has 0 amide bonds.